The molecule has 5 heteroatoms. The Balaban J connectivity index is 2.35. The van der Waals surface area contributed by atoms with Gasteiger partial charge in [-0.2, -0.15) is 13.2 Å². The highest BCUT2D eigenvalue weighted by Gasteiger charge is 2.26. The quantitative estimate of drug-likeness (QED) is 0.851. The van der Waals surface area contributed by atoms with Crippen LogP contribution in [0, 0.1) is 6.92 Å². The second kappa shape index (κ2) is 5.89. The number of nitrogens with one attached hydrogen (secondary N) is 1. The van der Waals surface area contributed by atoms with Crippen LogP contribution in [0.5, 0.6) is 0 Å². The predicted molar refractivity (Wildman–Crippen MR) is 62.0 cm³/mol. The molecular weight excluding hydrogens is 229 g/mol. The second-order valence-electron chi connectivity index (χ2n) is 4.24. The molecule has 1 aromatic heterocycles. The summed E-state index contributed by atoms with van der Waals surface area (Å²) in [6.07, 6.45) is -0.746. The van der Waals surface area contributed by atoms with Crippen molar-refractivity contribution >= 4 is 5.69 Å². The molecule has 0 bridgehead atoms. The van der Waals surface area contributed by atoms with Gasteiger partial charge in [-0.05, 0) is 38.3 Å². The van der Waals surface area contributed by atoms with Crippen molar-refractivity contribution in [3.8, 4) is 0 Å². The summed E-state index contributed by atoms with van der Waals surface area (Å²) in [7, 11) is 0. The fourth-order valence-electron chi connectivity index (χ4n) is 1.56. The number of hydrogen-bond donors (Lipinski definition) is 1. The Labute approximate surface area is 99.3 Å². The number of aryl methyl sites for hydroxylation is 1. The maximum atomic E-state index is 12.0. The van der Waals surface area contributed by atoms with Gasteiger partial charge in [-0.1, -0.05) is 0 Å². The Morgan fingerprint density at radius 3 is 2.71 bits per heavy atom. The molecule has 0 amide bonds. The Kier molecular flexibility index (Phi) is 4.78. The first-order chi connectivity index (χ1) is 7.88. The summed E-state index contributed by atoms with van der Waals surface area (Å²) in [4.78, 5) is 3.98. The molecule has 1 rings (SSSR count). The molecule has 17 heavy (non-hydrogen) atoms. The van der Waals surface area contributed by atoms with Gasteiger partial charge in [0.1, 0.15) is 0 Å². The van der Waals surface area contributed by atoms with E-state index in [1.807, 2.05) is 19.9 Å². The monoisotopic (exact) mass is 246 g/mol. The Bertz CT molecular complexity index is 350. The largest absolute Gasteiger partial charge is 0.389 e. The zero-order chi connectivity index (χ0) is 12.9. The van der Waals surface area contributed by atoms with Crippen LogP contribution in [0.1, 0.15) is 31.7 Å². The van der Waals surface area contributed by atoms with Crippen LogP contribution in [0.15, 0.2) is 18.5 Å². The summed E-state index contributed by atoms with van der Waals surface area (Å²) in [6, 6.07) is 1.88. The highest BCUT2D eigenvalue weighted by molar-refractivity contribution is 5.48. The zero-order valence-corrected chi connectivity index (χ0v) is 10.0. The molecule has 1 unspecified atom stereocenters. The van der Waals surface area contributed by atoms with Crippen molar-refractivity contribution < 1.29 is 13.2 Å². The molecule has 1 heterocycles. The van der Waals surface area contributed by atoms with Gasteiger partial charge in [0.25, 0.3) is 0 Å². The normalized spacial score (nSPS) is 13.5. The number of nitrogens with zero attached hydrogens (tertiary/aromatic N) is 1. The van der Waals surface area contributed by atoms with Crippen LogP contribution in [0.2, 0.25) is 0 Å². The number of anilines is 1. The summed E-state index contributed by atoms with van der Waals surface area (Å²) in [5.74, 6) is 0. The average Bonchev–Trinajstić information content (AvgIpc) is 2.19. The van der Waals surface area contributed by atoms with Crippen LogP contribution in [0.3, 0.4) is 0 Å². The summed E-state index contributed by atoms with van der Waals surface area (Å²) < 4.78 is 35.9. The molecule has 0 aliphatic rings. The number of rotatable bonds is 5. The first-order valence-corrected chi connectivity index (χ1v) is 5.62. The number of pyridine rings is 1. The summed E-state index contributed by atoms with van der Waals surface area (Å²) in [6.45, 7) is 3.81. The molecule has 0 aliphatic carbocycles. The van der Waals surface area contributed by atoms with E-state index in [1.165, 1.54) is 0 Å². The molecule has 0 radical (unpaired) electrons. The minimum atomic E-state index is -4.05. The van der Waals surface area contributed by atoms with Crippen LogP contribution in [-0.2, 0) is 0 Å². The van der Waals surface area contributed by atoms with Crippen LogP contribution < -0.4 is 5.32 Å². The smallest absolute Gasteiger partial charge is 0.381 e. The topological polar surface area (TPSA) is 24.9 Å². The van der Waals surface area contributed by atoms with Crippen LogP contribution in [0.25, 0.3) is 0 Å². The highest BCUT2D eigenvalue weighted by Crippen LogP contribution is 2.23. The average molecular weight is 246 g/mol. The molecule has 0 saturated carbocycles. The summed E-state index contributed by atoms with van der Waals surface area (Å²) in [5.41, 5.74) is 1.93. The molecule has 0 aliphatic heterocycles. The Morgan fingerprint density at radius 1 is 1.41 bits per heavy atom. The maximum absolute atomic E-state index is 12.0. The molecule has 96 valence electrons. The van der Waals surface area contributed by atoms with Crippen LogP contribution in [0.4, 0.5) is 18.9 Å². The first-order valence-electron chi connectivity index (χ1n) is 5.62. The van der Waals surface area contributed by atoms with E-state index in [2.05, 4.69) is 10.3 Å². The molecule has 1 aromatic rings. The number of alkyl halides is 3. The Hall–Kier alpha value is -1.26. The SMILES string of the molecule is Cc1ccncc1NC(C)CCCC(F)(F)F. The maximum Gasteiger partial charge on any atom is 0.389 e. The van der Waals surface area contributed by atoms with Crippen molar-refractivity contribution in [1.29, 1.82) is 0 Å². The fraction of sp³-hybridized carbons (Fsp3) is 0.583. The first kappa shape index (κ1) is 13.8. The van der Waals surface area contributed by atoms with E-state index in [4.69, 9.17) is 0 Å². The van der Waals surface area contributed by atoms with Gasteiger partial charge in [-0.15, -0.1) is 0 Å². The van der Waals surface area contributed by atoms with Gasteiger partial charge in [-0.25, -0.2) is 0 Å². The van der Waals surface area contributed by atoms with Gasteiger partial charge in [-0.3, -0.25) is 4.98 Å². The Morgan fingerprint density at radius 2 is 2.12 bits per heavy atom. The van der Waals surface area contributed by atoms with E-state index in [0.717, 1.165) is 11.3 Å². The molecule has 0 saturated heterocycles. The lowest BCUT2D eigenvalue weighted by Crippen LogP contribution is -2.17. The van der Waals surface area contributed by atoms with E-state index in [9.17, 15) is 13.2 Å². The zero-order valence-electron chi connectivity index (χ0n) is 10.0. The molecule has 0 aromatic carbocycles. The van der Waals surface area contributed by atoms with Gasteiger partial charge in [0, 0.05) is 18.7 Å². The van der Waals surface area contributed by atoms with Gasteiger partial charge in [0.05, 0.1) is 11.9 Å². The van der Waals surface area contributed by atoms with Crippen molar-refractivity contribution in [1.82, 2.24) is 4.98 Å². The molecule has 0 fully saturated rings. The number of halogens is 3. The summed E-state index contributed by atoms with van der Waals surface area (Å²) in [5, 5.41) is 3.17. The number of hydrogen-bond acceptors (Lipinski definition) is 2. The van der Waals surface area contributed by atoms with Crippen LogP contribution >= 0.6 is 0 Å². The van der Waals surface area contributed by atoms with Gasteiger partial charge < -0.3 is 5.32 Å². The van der Waals surface area contributed by atoms with Crippen LogP contribution in [-0.4, -0.2) is 17.2 Å². The van der Waals surface area contributed by atoms with Crippen molar-refractivity contribution in [2.75, 3.05) is 5.32 Å². The minimum Gasteiger partial charge on any atom is -0.381 e. The third kappa shape index (κ3) is 5.56. The standard InChI is InChI=1S/C12H17F3N2/c1-9-5-7-16-8-11(9)17-10(2)4-3-6-12(13,14)15/h5,7-8,10,17H,3-4,6H2,1-2H3. The third-order valence-electron chi connectivity index (χ3n) is 2.54. The van der Waals surface area contributed by atoms with Gasteiger partial charge in [0.15, 0.2) is 0 Å². The van der Waals surface area contributed by atoms with E-state index >= 15 is 0 Å². The molecule has 1 atom stereocenters. The second-order valence-corrected chi connectivity index (χ2v) is 4.24. The molecule has 1 N–H and O–H groups in total. The molecular formula is C12H17F3N2. The molecule has 0 spiro atoms. The highest BCUT2D eigenvalue weighted by atomic mass is 19.4. The van der Waals surface area contributed by atoms with E-state index in [0.29, 0.717) is 6.42 Å². The van der Waals surface area contributed by atoms with Crippen molar-refractivity contribution in [3.63, 3.8) is 0 Å². The lowest BCUT2D eigenvalue weighted by atomic mass is 10.1. The lowest BCUT2D eigenvalue weighted by molar-refractivity contribution is -0.135. The van der Waals surface area contributed by atoms with Gasteiger partial charge >= 0.3 is 6.18 Å². The predicted octanol–water partition coefficient (Wildman–Crippen LogP) is 3.92. The minimum absolute atomic E-state index is 0.0141. The van der Waals surface area contributed by atoms with E-state index in [1.54, 1.807) is 12.4 Å². The number of aromatic nitrogens is 1. The van der Waals surface area contributed by atoms with Crippen molar-refractivity contribution in [2.45, 2.75) is 45.3 Å². The fourth-order valence-corrected chi connectivity index (χ4v) is 1.56. The van der Waals surface area contributed by atoms with Crippen molar-refractivity contribution in [3.05, 3.63) is 24.0 Å². The lowest BCUT2D eigenvalue weighted by Gasteiger charge is -2.16. The van der Waals surface area contributed by atoms with Gasteiger partial charge in [0.2, 0.25) is 0 Å². The van der Waals surface area contributed by atoms with E-state index < -0.39 is 12.6 Å². The van der Waals surface area contributed by atoms with Crippen molar-refractivity contribution in [2.24, 2.45) is 0 Å². The summed E-state index contributed by atoms with van der Waals surface area (Å²) >= 11 is 0. The third-order valence-corrected chi connectivity index (χ3v) is 2.54. The molecule has 2 nitrogen and oxygen atoms in total. The van der Waals surface area contributed by atoms with E-state index in [-0.39, 0.29) is 12.5 Å².